The van der Waals surface area contributed by atoms with Crippen molar-refractivity contribution in [1.82, 2.24) is 4.57 Å². The molecule has 1 aromatic heterocycles. The molecule has 7 heteroatoms. The Morgan fingerprint density at radius 2 is 1.69 bits per heavy atom. The third-order valence-electron chi connectivity index (χ3n) is 4.12. The van der Waals surface area contributed by atoms with Crippen LogP contribution in [0.3, 0.4) is 0 Å². The first-order valence-corrected chi connectivity index (χ1v) is 10.4. The highest BCUT2D eigenvalue weighted by Crippen LogP contribution is 2.28. The second-order valence-corrected chi connectivity index (χ2v) is 8.60. The van der Waals surface area contributed by atoms with E-state index in [1.807, 2.05) is 32.0 Å². The van der Waals surface area contributed by atoms with Crippen LogP contribution in [0.15, 0.2) is 35.1 Å². The van der Waals surface area contributed by atoms with Gasteiger partial charge in [-0.3, -0.25) is 4.79 Å². The van der Waals surface area contributed by atoms with E-state index in [1.54, 1.807) is 19.2 Å². The molecule has 0 fully saturated rings. The van der Waals surface area contributed by atoms with Crippen LogP contribution in [0.25, 0.3) is 0 Å². The Hall–Kier alpha value is -2.28. The van der Waals surface area contributed by atoms with Gasteiger partial charge in [0.2, 0.25) is 0 Å². The van der Waals surface area contributed by atoms with Gasteiger partial charge in [0.25, 0.3) is 0 Å². The Morgan fingerprint density at radius 1 is 1.04 bits per heavy atom. The number of aromatic nitrogens is 1. The minimum absolute atomic E-state index is 0.0160. The largest absolute Gasteiger partial charge is 0.493 e. The number of ether oxygens (including phenoxy) is 2. The van der Waals surface area contributed by atoms with Crippen molar-refractivity contribution >= 4 is 9.84 Å². The average Bonchev–Trinajstić information content (AvgIpc) is 2.53. The molecule has 6 nitrogen and oxygen atoms in total. The summed E-state index contributed by atoms with van der Waals surface area (Å²) < 4.78 is 35.5. The summed E-state index contributed by atoms with van der Waals surface area (Å²) in [5.74, 6) is 1.05. The van der Waals surface area contributed by atoms with Crippen LogP contribution in [-0.4, -0.2) is 38.7 Å². The van der Waals surface area contributed by atoms with Crippen LogP contribution in [0.1, 0.15) is 17.0 Å². The number of benzene rings is 1. The molecule has 1 heterocycles. The first-order chi connectivity index (χ1) is 12.2. The topological polar surface area (TPSA) is 74.6 Å². The number of pyridine rings is 1. The zero-order chi connectivity index (χ0) is 19.3. The van der Waals surface area contributed by atoms with Crippen LogP contribution in [0.4, 0.5) is 0 Å². The summed E-state index contributed by atoms with van der Waals surface area (Å²) in [6.45, 7) is 4.65. The van der Waals surface area contributed by atoms with E-state index in [2.05, 4.69) is 4.57 Å². The van der Waals surface area contributed by atoms with E-state index in [4.69, 9.17) is 9.47 Å². The standard InChI is InChI=1S/C19H25NO5S/c1-14-11-17(21)12-15(2)20(14)8-7-16-5-6-18(24-3)19(13-16)25-9-10-26(4,22)23/h5-6,11-13H,7-10H2,1-4H3. The Bertz CT molecular complexity index is 905. The number of nitrogens with zero attached hydrogens (tertiary/aromatic N) is 1. The number of hydrogen-bond acceptors (Lipinski definition) is 5. The molecule has 0 spiro atoms. The zero-order valence-electron chi connectivity index (χ0n) is 15.6. The summed E-state index contributed by atoms with van der Waals surface area (Å²) in [5.41, 5.74) is 2.90. The third kappa shape index (κ3) is 5.62. The van der Waals surface area contributed by atoms with E-state index >= 15 is 0 Å². The molecule has 0 radical (unpaired) electrons. The first-order valence-electron chi connectivity index (χ1n) is 8.35. The minimum atomic E-state index is -3.08. The molecule has 0 saturated heterocycles. The van der Waals surface area contributed by atoms with Crippen molar-refractivity contribution in [2.24, 2.45) is 0 Å². The predicted molar refractivity (Wildman–Crippen MR) is 102 cm³/mol. The molecular formula is C19H25NO5S. The van der Waals surface area contributed by atoms with Gasteiger partial charge in [0, 0.05) is 36.3 Å². The van der Waals surface area contributed by atoms with Crippen LogP contribution in [-0.2, 0) is 22.8 Å². The molecule has 0 bridgehead atoms. The van der Waals surface area contributed by atoms with Gasteiger partial charge in [-0.05, 0) is 38.0 Å². The molecule has 0 saturated carbocycles. The van der Waals surface area contributed by atoms with E-state index in [1.165, 1.54) is 6.26 Å². The Morgan fingerprint density at radius 3 is 2.27 bits per heavy atom. The lowest BCUT2D eigenvalue weighted by Gasteiger charge is -2.15. The second-order valence-electron chi connectivity index (χ2n) is 6.34. The van der Waals surface area contributed by atoms with Crippen molar-refractivity contribution < 1.29 is 17.9 Å². The molecule has 26 heavy (non-hydrogen) atoms. The van der Waals surface area contributed by atoms with E-state index < -0.39 is 9.84 Å². The quantitative estimate of drug-likeness (QED) is 0.702. The molecule has 0 aliphatic carbocycles. The molecule has 0 N–H and O–H groups in total. The van der Waals surface area contributed by atoms with Crippen molar-refractivity contribution in [1.29, 1.82) is 0 Å². The van der Waals surface area contributed by atoms with Gasteiger partial charge in [-0.15, -0.1) is 0 Å². The molecule has 0 atom stereocenters. The molecule has 2 aromatic rings. The molecular weight excluding hydrogens is 354 g/mol. The van der Waals surface area contributed by atoms with Crippen molar-refractivity contribution in [3.05, 3.63) is 57.5 Å². The number of hydrogen-bond donors (Lipinski definition) is 0. The highest BCUT2D eigenvalue weighted by molar-refractivity contribution is 7.90. The fraction of sp³-hybridized carbons (Fsp3) is 0.421. The van der Waals surface area contributed by atoms with Crippen molar-refractivity contribution in [3.63, 3.8) is 0 Å². The smallest absolute Gasteiger partial charge is 0.182 e. The Labute approximate surface area is 154 Å². The fourth-order valence-electron chi connectivity index (χ4n) is 2.77. The first kappa shape index (κ1) is 20.0. The maximum atomic E-state index is 11.5. The normalized spacial score (nSPS) is 11.4. The van der Waals surface area contributed by atoms with Crippen LogP contribution in [0.5, 0.6) is 11.5 Å². The highest BCUT2D eigenvalue weighted by Gasteiger charge is 2.09. The zero-order valence-corrected chi connectivity index (χ0v) is 16.4. The molecule has 0 aliphatic heterocycles. The monoisotopic (exact) mass is 379 g/mol. The molecule has 0 unspecified atom stereocenters. The van der Waals surface area contributed by atoms with Gasteiger partial charge >= 0.3 is 0 Å². The fourth-order valence-corrected chi connectivity index (χ4v) is 3.16. The summed E-state index contributed by atoms with van der Waals surface area (Å²) in [6, 6.07) is 8.89. The van der Waals surface area contributed by atoms with E-state index in [0.717, 1.165) is 29.9 Å². The minimum Gasteiger partial charge on any atom is -0.493 e. The van der Waals surface area contributed by atoms with E-state index in [9.17, 15) is 13.2 Å². The van der Waals surface area contributed by atoms with Crippen molar-refractivity contribution in [2.45, 2.75) is 26.8 Å². The van der Waals surface area contributed by atoms with Crippen LogP contribution < -0.4 is 14.9 Å². The number of sulfone groups is 1. The van der Waals surface area contributed by atoms with E-state index in [0.29, 0.717) is 11.5 Å². The summed E-state index contributed by atoms with van der Waals surface area (Å²) in [6.07, 6.45) is 1.93. The van der Waals surface area contributed by atoms with Crippen molar-refractivity contribution in [3.8, 4) is 11.5 Å². The predicted octanol–water partition coefficient (Wildman–Crippen LogP) is 2.14. The highest BCUT2D eigenvalue weighted by atomic mass is 32.2. The van der Waals surface area contributed by atoms with Crippen LogP contribution >= 0.6 is 0 Å². The second kappa shape index (κ2) is 8.40. The summed E-state index contributed by atoms with van der Waals surface area (Å²) in [4.78, 5) is 11.5. The lowest BCUT2D eigenvalue weighted by Crippen LogP contribution is -2.14. The lowest BCUT2D eigenvalue weighted by molar-refractivity contribution is 0.311. The Kier molecular flexibility index (Phi) is 6.47. The molecule has 0 amide bonds. The maximum Gasteiger partial charge on any atom is 0.182 e. The molecule has 142 valence electrons. The maximum absolute atomic E-state index is 11.5. The number of rotatable bonds is 8. The van der Waals surface area contributed by atoms with Gasteiger partial charge in [-0.2, -0.15) is 0 Å². The van der Waals surface area contributed by atoms with Gasteiger partial charge in [-0.25, -0.2) is 8.42 Å². The van der Waals surface area contributed by atoms with Crippen molar-refractivity contribution in [2.75, 3.05) is 25.7 Å². The number of aryl methyl sites for hydroxylation is 3. The van der Waals surface area contributed by atoms with Gasteiger partial charge in [-0.1, -0.05) is 6.07 Å². The van der Waals surface area contributed by atoms with Gasteiger partial charge < -0.3 is 14.0 Å². The Balaban J connectivity index is 2.13. The third-order valence-corrected chi connectivity index (χ3v) is 5.03. The summed E-state index contributed by atoms with van der Waals surface area (Å²) in [5, 5.41) is 0. The molecule has 2 rings (SSSR count). The number of methoxy groups -OCH3 is 1. The summed E-state index contributed by atoms with van der Waals surface area (Å²) in [7, 11) is -1.53. The average molecular weight is 379 g/mol. The molecule has 1 aromatic carbocycles. The SMILES string of the molecule is COc1ccc(CCn2c(C)cc(=O)cc2C)cc1OCCS(C)(=O)=O. The van der Waals surface area contributed by atoms with Crippen LogP contribution in [0.2, 0.25) is 0 Å². The summed E-state index contributed by atoms with van der Waals surface area (Å²) >= 11 is 0. The van der Waals surface area contributed by atoms with Gasteiger partial charge in [0.05, 0.1) is 12.9 Å². The van der Waals surface area contributed by atoms with E-state index in [-0.39, 0.29) is 17.8 Å². The van der Waals surface area contributed by atoms with Crippen LogP contribution in [0, 0.1) is 13.8 Å². The lowest BCUT2D eigenvalue weighted by atomic mass is 10.1. The van der Waals surface area contributed by atoms with Gasteiger partial charge in [0.15, 0.2) is 26.8 Å². The molecule has 0 aliphatic rings. The van der Waals surface area contributed by atoms with Gasteiger partial charge in [0.1, 0.15) is 6.61 Å².